The van der Waals surface area contributed by atoms with Gasteiger partial charge in [-0.05, 0) is 31.0 Å². The van der Waals surface area contributed by atoms with Gasteiger partial charge in [-0.1, -0.05) is 44.2 Å². The van der Waals surface area contributed by atoms with Crippen LogP contribution in [0.15, 0.2) is 53.4 Å². The number of hydrogen-bond acceptors (Lipinski definition) is 2. The Balaban J connectivity index is 2.22. The largest absolute Gasteiger partial charge is 0.456 e. The first kappa shape index (κ1) is 12.6. The summed E-state index contributed by atoms with van der Waals surface area (Å²) in [6, 6.07) is 16.8. The van der Waals surface area contributed by atoms with Crippen LogP contribution in [-0.4, -0.2) is 0 Å². The molecule has 0 N–H and O–H groups in total. The van der Waals surface area contributed by atoms with Crippen molar-refractivity contribution in [3.05, 3.63) is 54.1 Å². The van der Waals surface area contributed by atoms with E-state index in [1.807, 2.05) is 23.9 Å². The topological polar surface area (TPSA) is 9.23 Å². The highest BCUT2D eigenvalue weighted by Gasteiger charge is 2.35. The first-order valence-electron chi connectivity index (χ1n) is 6.84. The molecule has 0 amide bonds. The van der Waals surface area contributed by atoms with Gasteiger partial charge in [0.2, 0.25) is 0 Å². The van der Waals surface area contributed by atoms with Crippen LogP contribution < -0.4 is 4.74 Å². The molecule has 0 fully saturated rings. The van der Waals surface area contributed by atoms with Gasteiger partial charge in [-0.15, -0.1) is 11.8 Å². The molecule has 2 aromatic rings. The molecule has 2 aromatic carbocycles. The minimum Gasteiger partial charge on any atom is -0.456 e. The normalized spacial score (nSPS) is 15.9. The Morgan fingerprint density at radius 1 is 0.895 bits per heavy atom. The van der Waals surface area contributed by atoms with Crippen molar-refractivity contribution in [1.29, 1.82) is 0 Å². The number of para-hydroxylation sites is 2. The molecule has 0 saturated carbocycles. The predicted molar refractivity (Wildman–Crippen MR) is 81.1 cm³/mol. The number of thioether (sulfide) groups is 1. The van der Waals surface area contributed by atoms with Crippen molar-refractivity contribution in [2.75, 3.05) is 0 Å². The average molecular weight is 270 g/mol. The molecule has 0 radical (unpaired) electrons. The summed E-state index contributed by atoms with van der Waals surface area (Å²) in [6.07, 6.45) is 2.20. The van der Waals surface area contributed by atoms with Crippen molar-refractivity contribution < 1.29 is 4.74 Å². The highest BCUT2D eigenvalue weighted by Crippen LogP contribution is 2.54. The minimum atomic E-state index is 0.114. The molecular formula is C17H18OS. The fourth-order valence-corrected chi connectivity index (χ4v) is 4.06. The lowest BCUT2D eigenvalue weighted by Crippen LogP contribution is -2.19. The summed E-state index contributed by atoms with van der Waals surface area (Å²) in [5.41, 5.74) is 1.32. The fourth-order valence-electron chi connectivity index (χ4n) is 2.71. The molecule has 0 spiro atoms. The number of ether oxygens (including phenoxy) is 1. The van der Waals surface area contributed by atoms with E-state index in [0.717, 1.165) is 24.3 Å². The molecule has 2 heteroatoms. The van der Waals surface area contributed by atoms with E-state index in [-0.39, 0.29) is 4.75 Å². The van der Waals surface area contributed by atoms with E-state index in [1.54, 1.807) is 0 Å². The highest BCUT2D eigenvalue weighted by molar-refractivity contribution is 8.00. The smallest absolute Gasteiger partial charge is 0.141 e. The van der Waals surface area contributed by atoms with E-state index in [9.17, 15) is 0 Å². The number of benzene rings is 2. The Bertz CT molecular complexity index is 587. The van der Waals surface area contributed by atoms with Gasteiger partial charge in [0.25, 0.3) is 0 Å². The number of rotatable bonds is 2. The first-order chi connectivity index (χ1) is 9.29. The van der Waals surface area contributed by atoms with Crippen LogP contribution in [0.2, 0.25) is 0 Å². The summed E-state index contributed by atoms with van der Waals surface area (Å²) in [4.78, 5) is 1.24. The molecule has 3 rings (SSSR count). The second kappa shape index (κ2) is 4.93. The lowest BCUT2D eigenvalue weighted by molar-refractivity contribution is 0.457. The van der Waals surface area contributed by atoms with E-state index >= 15 is 0 Å². The van der Waals surface area contributed by atoms with Gasteiger partial charge in [0.1, 0.15) is 11.5 Å². The van der Waals surface area contributed by atoms with Crippen LogP contribution in [0.4, 0.5) is 0 Å². The predicted octanol–water partition coefficient (Wildman–Crippen LogP) is 5.60. The number of hydrogen-bond donors (Lipinski definition) is 0. The zero-order valence-corrected chi connectivity index (χ0v) is 12.2. The average Bonchev–Trinajstić information content (AvgIpc) is 2.61. The summed E-state index contributed by atoms with van der Waals surface area (Å²) in [6.45, 7) is 4.53. The Morgan fingerprint density at radius 2 is 1.53 bits per heavy atom. The summed E-state index contributed by atoms with van der Waals surface area (Å²) in [5, 5.41) is 0. The van der Waals surface area contributed by atoms with Crippen LogP contribution in [0, 0.1) is 0 Å². The van der Waals surface area contributed by atoms with E-state index in [0.29, 0.717) is 0 Å². The summed E-state index contributed by atoms with van der Waals surface area (Å²) < 4.78 is 6.25. The lowest BCUT2D eigenvalue weighted by Gasteiger charge is -2.30. The molecule has 0 aromatic heterocycles. The van der Waals surface area contributed by atoms with Gasteiger partial charge in [-0.25, -0.2) is 0 Å². The molecule has 1 aliphatic rings. The van der Waals surface area contributed by atoms with Crippen molar-refractivity contribution in [2.45, 2.75) is 36.3 Å². The molecule has 0 saturated heterocycles. The highest BCUT2D eigenvalue weighted by atomic mass is 32.2. The Hall–Kier alpha value is -1.41. The van der Waals surface area contributed by atoms with Gasteiger partial charge < -0.3 is 4.74 Å². The second-order valence-electron chi connectivity index (χ2n) is 4.85. The first-order valence-corrected chi connectivity index (χ1v) is 7.66. The van der Waals surface area contributed by atoms with Crippen molar-refractivity contribution >= 4 is 11.8 Å². The van der Waals surface area contributed by atoms with E-state index < -0.39 is 0 Å². The minimum absolute atomic E-state index is 0.114. The molecule has 0 bridgehead atoms. The summed E-state index contributed by atoms with van der Waals surface area (Å²) in [7, 11) is 0. The molecule has 0 unspecified atom stereocenters. The van der Waals surface area contributed by atoms with E-state index in [1.165, 1.54) is 10.5 Å². The monoisotopic (exact) mass is 270 g/mol. The zero-order chi connectivity index (χ0) is 13.3. The molecule has 0 aliphatic carbocycles. The third kappa shape index (κ3) is 2.04. The molecule has 0 atom stereocenters. The van der Waals surface area contributed by atoms with Gasteiger partial charge in [0, 0.05) is 10.3 Å². The van der Waals surface area contributed by atoms with Gasteiger partial charge in [0.05, 0.1) is 4.90 Å². The SMILES string of the molecule is CCC1(CC)Sc2ccccc2Oc2ccccc21. The molecule has 1 heterocycles. The Morgan fingerprint density at radius 3 is 2.26 bits per heavy atom. The van der Waals surface area contributed by atoms with Crippen LogP contribution in [0.5, 0.6) is 11.5 Å². The van der Waals surface area contributed by atoms with Crippen LogP contribution in [-0.2, 0) is 4.75 Å². The molecule has 1 aliphatic heterocycles. The fraction of sp³-hybridized carbons (Fsp3) is 0.294. The van der Waals surface area contributed by atoms with E-state index in [4.69, 9.17) is 4.74 Å². The molecule has 1 nitrogen and oxygen atoms in total. The second-order valence-corrected chi connectivity index (χ2v) is 6.27. The summed E-state index contributed by atoms with van der Waals surface area (Å²) in [5.74, 6) is 1.98. The Labute approximate surface area is 119 Å². The van der Waals surface area contributed by atoms with Crippen molar-refractivity contribution in [1.82, 2.24) is 0 Å². The zero-order valence-electron chi connectivity index (χ0n) is 11.3. The Kier molecular flexibility index (Phi) is 3.28. The maximum absolute atomic E-state index is 6.14. The van der Waals surface area contributed by atoms with Crippen molar-refractivity contribution in [2.24, 2.45) is 0 Å². The van der Waals surface area contributed by atoms with Crippen LogP contribution >= 0.6 is 11.8 Å². The van der Waals surface area contributed by atoms with Gasteiger partial charge in [-0.2, -0.15) is 0 Å². The third-order valence-electron chi connectivity index (χ3n) is 3.89. The van der Waals surface area contributed by atoms with Gasteiger partial charge in [-0.3, -0.25) is 0 Å². The van der Waals surface area contributed by atoms with Crippen LogP contribution in [0.1, 0.15) is 32.3 Å². The number of fused-ring (bicyclic) bond motifs is 2. The van der Waals surface area contributed by atoms with Crippen molar-refractivity contribution in [3.63, 3.8) is 0 Å². The van der Waals surface area contributed by atoms with Gasteiger partial charge in [0.15, 0.2) is 0 Å². The van der Waals surface area contributed by atoms with Gasteiger partial charge >= 0.3 is 0 Å². The van der Waals surface area contributed by atoms with Crippen LogP contribution in [0.25, 0.3) is 0 Å². The maximum atomic E-state index is 6.14. The van der Waals surface area contributed by atoms with Crippen molar-refractivity contribution in [3.8, 4) is 11.5 Å². The lowest BCUT2D eigenvalue weighted by atomic mass is 9.92. The standard InChI is InChI=1S/C17H18OS/c1-3-17(4-2)13-9-5-6-10-14(13)18-15-11-7-8-12-16(15)19-17/h5-12H,3-4H2,1-2H3. The maximum Gasteiger partial charge on any atom is 0.141 e. The van der Waals surface area contributed by atoms with E-state index in [2.05, 4.69) is 50.2 Å². The molecular weight excluding hydrogens is 252 g/mol. The third-order valence-corrected chi connectivity index (χ3v) is 5.64. The quantitative estimate of drug-likeness (QED) is 0.702. The molecule has 19 heavy (non-hydrogen) atoms. The molecule has 98 valence electrons. The summed E-state index contributed by atoms with van der Waals surface area (Å²) >= 11 is 1.94. The van der Waals surface area contributed by atoms with Crippen LogP contribution in [0.3, 0.4) is 0 Å².